The number of halogens is 6. The van der Waals surface area contributed by atoms with Crippen LogP contribution in [0.25, 0.3) is 0 Å². The minimum atomic E-state index is -4.64. The topological polar surface area (TPSA) is 24.9 Å². The highest BCUT2D eigenvalue weighted by molar-refractivity contribution is 9.10. The van der Waals surface area contributed by atoms with Crippen LogP contribution >= 0.6 is 15.9 Å². The van der Waals surface area contributed by atoms with Gasteiger partial charge in [-0.2, -0.15) is 13.2 Å². The van der Waals surface area contributed by atoms with Crippen LogP contribution in [0.5, 0.6) is 0 Å². The Bertz CT molecular complexity index is 366. The largest absolute Gasteiger partial charge is 0.419 e. The van der Waals surface area contributed by atoms with Gasteiger partial charge in [0.05, 0.1) is 12.1 Å². The molecule has 0 fully saturated rings. The molecular weight excluding hydrogens is 299 g/mol. The third-order valence-electron chi connectivity index (χ3n) is 1.58. The van der Waals surface area contributed by atoms with Gasteiger partial charge in [0, 0.05) is 10.7 Å². The molecule has 0 aliphatic carbocycles. The van der Waals surface area contributed by atoms with Crippen LogP contribution in [0, 0.1) is 0 Å². The summed E-state index contributed by atoms with van der Waals surface area (Å²) in [6.07, 6.45) is -6.28. The fourth-order valence-electron chi connectivity index (χ4n) is 0.970. The fraction of sp³-hybridized carbons (Fsp3) is 0.375. The third-order valence-corrected chi connectivity index (χ3v) is 2.02. The average Bonchev–Trinajstić information content (AvgIpc) is 2.14. The summed E-state index contributed by atoms with van der Waals surface area (Å²) in [4.78, 5) is 3.41. The van der Waals surface area contributed by atoms with Gasteiger partial charge in [-0.15, -0.1) is 0 Å². The quantitative estimate of drug-likeness (QED) is 0.864. The van der Waals surface area contributed by atoms with E-state index in [1.807, 2.05) is 5.32 Å². The van der Waals surface area contributed by atoms with Crippen LogP contribution in [0.2, 0.25) is 0 Å². The van der Waals surface area contributed by atoms with Gasteiger partial charge in [0.2, 0.25) is 0 Å². The number of alkyl halides is 5. The van der Waals surface area contributed by atoms with Crippen LogP contribution < -0.4 is 5.32 Å². The summed E-state index contributed by atoms with van der Waals surface area (Å²) in [5.41, 5.74) is -1.08. The average molecular weight is 305 g/mol. The van der Waals surface area contributed by atoms with E-state index in [0.717, 1.165) is 12.3 Å². The van der Waals surface area contributed by atoms with Crippen molar-refractivity contribution < 1.29 is 22.0 Å². The van der Waals surface area contributed by atoms with Crippen molar-refractivity contribution >= 4 is 21.7 Å². The van der Waals surface area contributed by atoms with Gasteiger partial charge in [-0.25, -0.2) is 13.8 Å². The first-order valence-corrected chi connectivity index (χ1v) is 4.84. The Morgan fingerprint density at radius 1 is 1.38 bits per heavy atom. The Balaban J connectivity index is 2.99. The number of hydrogen-bond donors (Lipinski definition) is 1. The SMILES string of the molecule is FC(F)CNc1ncc(Br)cc1C(F)(F)F. The van der Waals surface area contributed by atoms with Crippen molar-refractivity contribution in [2.75, 3.05) is 11.9 Å². The van der Waals surface area contributed by atoms with Gasteiger partial charge >= 0.3 is 6.18 Å². The highest BCUT2D eigenvalue weighted by atomic mass is 79.9. The van der Waals surface area contributed by atoms with Crippen LogP contribution in [0.1, 0.15) is 5.56 Å². The van der Waals surface area contributed by atoms with Crippen molar-refractivity contribution in [2.45, 2.75) is 12.6 Å². The minimum Gasteiger partial charge on any atom is -0.364 e. The summed E-state index contributed by atoms with van der Waals surface area (Å²) < 4.78 is 61.2. The highest BCUT2D eigenvalue weighted by Gasteiger charge is 2.34. The van der Waals surface area contributed by atoms with Gasteiger partial charge in [0.15, 0.2) is 0 Å². The van der Waals surface area contributed by atoms with E-state index in [2.05, 4.69) is 20.9 Å². The Morgan fingerprint density at radius 2 is 2.00 bits per heavy atom. The maximum absolute atomic E-state index is 12.5. The minimum absolute atomic E-state index is 0.127. The molecule has 0 spiro atoms. The molecule has 90 valence electrons. The molecule has 8 heteroatoms. The lowest BCUT2D eigenvalue weighted by atomic mass is 10.2. The molecule has 2 nitrogen and oxygen atoms in total. The number of rotatable bonds is 3. The van der Waals surface area contributed by atoms with Crippen molar-refractivity contribution in [3.63, 3.8) is 0 Å². The molecule has 1 aromatic rings. The van der Waals surface area contributed by atoms with Gasteiger partial charge < -0.3 is 5.32 Å². The molecule has 0 aliphatic rings. The van der Waals surface area contributed by atoms with Crippen LogP contribution in [0.3, 0.4) is 0 Å². The smallest absolute Gasteiger partial charge is 0.364 e. The van der Waals surface area contributed by atoms with Crippen LogP contribution in [0.4, 0.5) is 27.8 Å². The summed E-state index contributed by atoms with van der Waals surface area (Å²) in [5, 5.41) is 1.94. The zero-order chi connectivity index (χ0) is 12.3. The number of hydrogen-bond acceptors (Lipinski definition) is 2. The molecule has 0 unspecified atom stereocenters. The first kappa shape index (κ1) is 13.1. The zero-order valence-electron chi connectivity index (χ0n) is 7.65. The van der Waals surface area contributed by atoms with E-state index in [9.17, 15) is 22.0 Å². The molecule has 0 aliphatic heterocycles. The summed E-state index contributed by atoms with van der Waals surface area (Å²) in [5.74, 6) is -0.601. The molecule has 1 aromatic heterocycles. The highest BCUT2D eigenvalue weighted by Crippen LogP contribution is 2.35. The second-order valence-electron chi connectivity index (χ2n) is 2.82. The first-order valence-electron chi connectivity index (χ1n) is 4.05. The third kappa shape index (κ3) is 3.58. The standard InChI is InChI=1S/C8H6BrF5N2/c9-4-1-5(8(12,13)14)7(15-2-4)16-3-6(10)11/h1-2,6H,3H2,(H,15,16). The van der Waals surface area contributed by atoms with E-state index in [4.69, 9.17) is 0 Å². The lowest BCUT2D eigenvalue weighted by Gasteiger charge is -2.13. The molecule has 1 rings (SSSR count). The summed E-state index contributed by atoms with van der Waals surface area (Å²) in [7, 11) is 0. The maximum Gasteiger partial charge on any atom is 0.419 e. The summed E-state index contributed by atoms with van der Waals surface area (Å²) in [6.45, 7) is -0.877. The van der Waals surface area contributed by atoms with E-state index >= 15 is 0 Å². The Kier molecular flexibility index (Phi) is 4.06. The lowest BCUT2D eigenvalue weighted by molar-refractivity contribution is -0.137. The van der Waals surface area contributed by atoms with E-state index < -0.39 is 30.5 Å². The number of nitrogens with one attached hydrogen (secondary N) is 1. The van der Waals surface area contributed by atoms with Crippen molar-refractivity contribution in [3.05, 3.63) is 22.3 Å². The van der Waals surface area contributed by atoms with Gasteiger partial charge in [-0.05, 0) is 22.0 Å². The molecule has 0 atom stereocenters. The molecule has 16 heavy (non-hydrogen) atoms. The molecule has 0 radical (unpaired) electrons. The normalized spacial score (nSPS) is 11.9. The van der Waals surface area contributed by atoms with Gasteiger partial charge in [0.1, 0.15) is 5.82 Å². The summed E-state index contributed by atoms with van der Waals surface area (Å²) >= 11 is 2.83. The predicted molar refractivity (Wildman–Crippen MR) is 51.4 cm³/mol. The van der Waals surface area contributed by atoms with E-state index in [-0.39, 0.29) is 4.47 Å². The van der Waals surface area contributed by atoms with Crippen molar-refractivity contribution in [3.8, 4) is 0 Å². The number of nitrogens with zero attached hydrogens (tertiary/aromatic N) is 1. The molecule has 0 saturated heterocycles. The van der Waals surface area contributed by atoms with E-state index in [1.54, 1.807) is 0 Å². The Hall–Kier alpha value is -0.920. The van der Waals surface area contributed by atoms with Crippen LogP contribution in [0.15, 0.2) is 16.7 Å². The Morgan fingerprint density at radius 3 is 2.50 bits per heavy atom. The molecule has 1 heterocycles. The van der Waals surface area contributed by atoms with Crippen LogP contribution in [-0.2, 0) is 6.18 Å². The number of pyridine rings is 1. The maximum atomic E-state index is 12.5. The summed E-state index contributed by atoms with van der Waals surface area (Å²) in [6, 6.07) is 0.779. The molecule has 0 bridgehead atoms. The van der Waals surface area contributed by atoms with Gasteiger partial charge in [-0.3, -0.25) is 0 Å². The molecule has 1 N–H and O–H groups in total. The monoisotopic (exact) mass is 304 g/mol. The number of aromatic nitrogens is 1. The predicted octanol–water partition coefficient (Wildman–Crippen LogP) is 3.54. The lowest BCUT2D eigenvalue weighted by Crippen LogP contribution is -2.16. The van der Waals surface area contributed by atoms with E-state index in [0.29, 0.717) is 0 Å². The van der Waals surface area contributed by atoms with Crippen molar-refractivity contribution in [1.29, 1.82) is 0 Å². The number of anilines is 1. The van der Waals surface area contributed by atoms with Gasteiger partial charge in [-0.1, -0.05) is 0 Å². The molecule has 0 saturated carbocycles. The zero-order valence-corrected chi connectivity index (χ0v) is 9.24. The molecule has 0 aromatic carbocycles. The van der Waals surface area contributed by atoms with Crippen LogP contribution in [-0.4, -0.2) is 18.0 Å². The van der Waals surface area contributed by atoms with Crippen molar-refractivity contribution in [2.24, 2.45) is 0 Å². The second-order valence-corrected chi connectivity index (χ2v) is 3.74. The van der Waals surface area contributed by atoms with Gasteiger partial charge in [0.25, 0.3) is 6.43 Å². The first-order chi connectivity index (χ1) is 7.30. The second kappa shape index (κ2) is 4.94. The molecular formula is C8H6BrF5N2. The fourth-order valence-corrected chi connectivity index (χ4v) is 1.30. The molecule has 0 amide bonds. The Labute approximate surface area is 96.0 Å². The van der Waals surface area contributed by atoms with E-state index in [1.165, 1.54) is 0 Å². The van der Waals surface area contributed by atoms with Crippen molar-refractivity contribution in [1.82, 2.24) is 4.98 Å².